The number of oxazole rings is 1. The van der Waals surface area contributed by atoms with Gasteiger partial charge in [0, 0.05) is 24.9 Å². The van der Waals surface area contributed by atoms with Crippen LogP contribution < -0.4 is 10.0 Å². The zero-order valence-electron chi connectivity index (χ0n) is 16.1. The summed E-state index contributed by atoms with van der Waals surface area (Å²) in [5.41, 5.74) is 2.53. The van der Waals surface area contributed by atoms with Gasteiger partial charge in [0.05, 0.1) is 11.9 Å². The highest BCUT2D eigenvalue weighted by atomic mass is 32.2. The molecule has 0 unspecified atom stereocenters. The summed E-state index contributed by atoms with van der Waals surface area (Å²) in [5, 5.41) is 2.85. The summed E-state index contributed by atoms with van der Waals surface area (Å²) in [4.78, 5) is 16.3. The lowest BCUT2D eigenvalue weighted by Crippen LogP contribution is -2.23. The van der Waals surface area contributed by atoms with E-state index in [0.717, 1.165) is 11.1 Å². The first-order valence-corrected chi connectivity index (χ1v) is 10.9. The number of carbonyl (C=O) groups is 1. The number of carbonyl (C=O) groups excluding carboxylic acids is 1. The third-order valence-electron chi connectivity index (χ3n) is 4.36. The quantitative estimate of drug-likeness (QED) is 0.562. The molecule has 0 atom stereocenters. The molecule has 0 spiro atoms. The van der Waals surface area contributed by atoms with Crippen LogP contribution in [-0.4, -0.2) is 26.4 Å². The second kappa shape index (κ2) is 9.49. The zero-order chi connectivity index (χ0) is 20.7. The molecule has 1 amide bonds. The van der Waals surface area contributed by atoms with Gasteiger partial charge in [-0.25, -0.2) is 18.1 Å². The topological polar surface area (TPSA) is 101 Å². The maximum atomic E-state index is 12.1. The summed E-state index contributed by atoms with van der Waals surface area (Å²) in [6.07, 6.45) is 2.35. The molecule has 0 aliphatic heterocycles. The Labute approximate surface area is 170 Å². The number of aromatic nitrogens is 1. The molecular weight excluding hydrogens is 390 g/mol. The summed E-state index contributed by atoms with van der Waals surface area (Å²) in [7, 11) is -1.91. The van der Waals surface area contributed by atoms with Gasteiger partial charge in [0.1, 0.15) is 0 Å². The lowest BCUT2D eigenvalue weighted by Gasteiger charge is -2.07. The fourth-order valence-corrected chi connectivity index (χ4v) is 3.49. The van der Waals surface area contributed by atoms with Crippen molar-refractivity contribution in [1.29, 1.82) is 0 Å². The number of hydrogen-bond donors (Lipinski definition) is 2. The maximum absolute atomic E-state index is 12.1. The SMILES string of the molecule is CNS(=O)(=O)Cc1ccc(CNC(=O)CCc2ncc(-c3ccccc3)o2)cc1. The van der Waals surface area contributed by atoms with Gasteiger partial charge in [-0.1, -0.05) is 54.6 Å². The van der Waals surface area contributed by atoms with Crippen molar-refractivity contribution in [3.8, 4) is 11.3 Å². The van der Waals surface area contributed by atoms with Gasteiger partial charge in [-0.05, 0) is 18.2 Å². The number of sulfonamides is 1. The smallest absolute Gasteiger partial charge is 0.220 e. The molecule has 2 N–H and O–H groups in total. The van der Waals surface area contributed by atoms with Crippen LogP contribution in [0.3, 0.4) is 0 Å². The minimum absolute atomic E-state index is 0.0722. The summed E-state index contributed by atoms with van der Waals surface area (Å²) < 4.78 is 31.1. The molecule has 0 aliphatic rings. The first-order valence-electron chi connectivity index (χ1n) is 9.21. The van der Waals surface area contributed by atoms with Gasteiger partial charge in [0.15, 0.2) is 11.7 Å². The molecule has 152 valence electrons. The third-order valence-corrected chi connectivity index (χ3v) is 5.69. The fraction of sp³-hybridized carbons (Fsp3) is 0.238. The van der Waals surface area contributed by atoms with Crippen molar-refractivity contribution in [3.05, 3.63) is 77.8 Å². The van der Waals surface area contributed by atoms with Gasteiger partial charge in [-0.2, -0.15) is 0 Å². The molecule has 0 saturated heterocycles. The Morgan fingerprint density at radius 2 is 1.72 bits per heavy atom. The van der Waals surface area contributed by atoms with E-state index in [2.05, 4.69) is 15.0 Å². The Morgan fingerprint density at radius 3 is 2.41 bits per heavy atom. The minimum Gasteiger partial charge on any atom is -0.441 e. The van der Waals surface area contributed by atoms with Crippen LogP contribution in [0, 0.1) is 0 Å². The summed E-state index contributed by atoms with van der Waals surface area (Å²) in [6, 6.07) is 16.8. The molecular formula is C21H23N3O4S. The average molecular weight is 413 g/mol. The Hall–Kier alpha value is -2.97. The fourth-order valence-electron chi connectivity index (χ4n) is 2.72. The minimum atomic E-state index is -3.30. The number of amides is 1. The Balaban J connectivity index is 1.45. The Bertz CT molecular complexity index is 1050. The molecule has 0 saturated carbocycles. The van der Waals surface area contributed by atoms with Gasteiger partial charge in [0.2, 0.25) is 15.9 Å². The standard InChI is InChI=1S/C21H23N3O4S/c1-22-29(26,27)15-17-9-7-16(8-10-17)13-23-20(25)11-12-21-24-14-19(28-21)18-5-3-2-4-6-18/h2-10,14,22H,11-13,15H2,1H3,(H,23,25). The molecule has 0 bridgehead atoms. The van der Waals surface area contributed by atoms with E-state index in [9.17, 15) is 13.2 Å². The van der Waals surface area contributed by atoms with Crippen LogP contribution in [0.5, 0.6) is 0 Å². The molecule has 29 heavy (non-hydrogen) atoms. The van der Waals surface area contributed by atoms with Crippen LogP contribution in [0.15, 0.2) is 65.2 Å². The van der Waals surface area contributed by atoms with Crippen molar-refractivity contribution in [2.45, 2.75) is 25.1 Å². The van der Waals surface area contributed by atoms with E-state index in [-0.39, 0.29) is 18.1 Å². The van der Waals surface area contributed by atoms with Crippen LogP contribution in [0.4, 0.5) is 0 Å². The molecule has 0 fully saturated rings. The van der Waals surface area contributed by atoms with Crippen molar-refractivity contribution in [1.82, 2.24) is 15.0 Å². The first kappa shape index (κ1) is 20.8. The number of aryl methyl sites for hydroxylation is 1. The molecule has 1 aromatic heterocycles. The lowest BCUT2D eigenvalue weighted by molar-refractivity contribution is -0.121. The van der Waals surface area contributed by atoms with E-state index in [4.69, 9.17) is 4.42 Å². The van der Waals surface area contributed by atoms with Crippen molar-refractivity contribution < 1.29 is 17.6 Å². The Kier molecular flexibility index (Phi) is 6.79. The second-order valence-electron chi connectivity index (χ2n) is 6.54. The van der Waals surface area contributed by atoms with Crippen LogP contribution in [-0.2, 0) is 33.5 Å². The summed E-state index contributed by atoms with van der Waals surface area (Å²) in [6.45, 7) is 0.374. The van der Waals surface area contributed by atoms with Crippen LogP contribution in [0.2, 0.25) is 0 Å². The molecule has 8 heteroatoms. The van der Waals surface area contributed by atoms with Crippen LogP contribution in [0.25, 0.3) is 11.3 Å². The van der Waals surface area contributed by atoms with Crippen molar-refractivity contribution in [3.63, 3.8) is 0 Å². The van der Waals surface area contributed by atoms with Gasteiger partial charge in [-0.3, -0.25) is 4.79 Å². The highest BCUT2D eigenvalue weighted by molar-refractivity contribution is 7.88. The molecule has 3 rings (SSSR count). The highest BCUT2D eigenvalue weighted by Crippen LogP contribution is 2.20. The predicted octanol–water partition coefficient (Wildman–Crippen LogP) is 2.64. The van der Waals surface area contributed by atoms with Gasteiger partial charge in [-0.15, -0.1) is 0 Å². The van der Waals surface area contributed by atoms with E-state index in [1.165, 1.54) is 7.05 Å². The van der Waals surface area contributed by atoms with E-state index in [1.807, 2.05) is 30.3 Å². The third kappa shape index (κ3) is 6.27. The van der Waals surface area contributed by atoms with E-state index >= 15 is 0 Å². The van der Waals surface area contributed by atoms with Crippen molar-refractivity contribution >= 4 is 15.9 Å². The van der Waals surface area contributed by atoms with Crippen molar-refractivity contribution in [2.75, 3.05) is 7.05 Å². The zero-order valence-corrected chi connectivity index (χ0v) is 16.9. The van der Waals surface area contributed by atoms with Crippen molar-refractivity contribution in [2.24, 2.45) is 0 Å². The average Bonchev–Trinajstić information content (AvgIpc) is 3.21. The van der Waals surface area contributed by atoms with E-state index < -0.39 is 10.0 Å². The first-order chi connectivity index (χ1) is 13.9. The second-order valence-corrected chi connectivity index (χ2v) is 8.47. The molecule has 2 aromatic carbocycles. The van der Waals surface area contributed by atoms with Gasteiger partial charge < -0.3 is 9.73 Å². The Morgan fingerprint density at radius 1 is 1.03 bits per heavy atom. The normalized spacial score (nSPS) is 11.3. The maximum Gasteiger partial charge on any atom is 0.220 e. The lowest BCUT2D eigenvalue weighted by atomic mass is 10.1. The summed E-state index contributed by atoms with van der Waals surface area (Å²) in [5.74, 6) is 1.03. The molecule has 0 aliphatic carbocycles. The molecule has 7 nitrogen and oxygen atoms in total. The highest BCUT2D eigenvalue weighted by Gasteiger charge is 2.10. The number of benzene rings is 2. The van der Waals surface area contributed by atoms with Gasteiger partial charge >= 0.3 is 0 Å². The summed E-state index contributed by atoms with van der Waals surface area (Å²) >= 11 is 0. The molecule has 0 radical (unpaired) electrons. The van der Waals surface area contributed by atoms with E-state index in [0.29, 0.717) is 30.2 Å². The van der Waals surface area contributed by atoms with Crippen LogP contribution in [0.1, 0.15) is 23.4 Å². The van der Waals surface area contributed by atoms with Crippen LogP contribution >= 0.6 is 0 Å². The largest absolute Gasteiger partial charge is 0.441 e. The number of nitrogens with zero attached hydrogens (tertiary/aromatic N) is 1. The number of hydrogen-bond acceptors (Lipinski definition) is 5. The van der Waals surface area contributed by atoms with Gasteiger partial charge in [0.25, 0.3) is 0 Å². The number of rotatable bonds is 9. The molecule has 3 aromatic rings. The monoisotopic (exact) mass is 413 g/mol. The molecule has 1 heterocycles. The number of nitrogens with one attached hydrogen (secondary N) is 2. The predicted molar refractivity (Wildman–Crippen MR) is 110 cm³/mol. The van der Waals surface area contributed by atoms with E-state index in [1.54, 1.807) is 30.5 Å².